The fraction of sp³-hybridized carbons (Fsp3) is 0.333. The summed E-state index contributed by atoms with van der Waals surface area (Å²) in [5, 5.41) is 4.31. The van der Waals surface area contributed by atoms with Crippen molar-refractivity contribution in [2.24, 2.45) is 5.92 Å². The molecule has 2 amide bonds. The van der Waals surface area contributed by atoms with Crippen molar-refractivity contribution >= 4 is 22.7 Å². The number of aromatic nitrogens is 1. The molecule has 210 valence electrons. The molecule has 3 unspecified atom stereocenters. The molecular formula is C36H39N3O2. The third-order valence-electron chi connectivity index (χ3n) is 8.96. The van der Waals surface area contributed by atoms with Crippen LogP contribution in [-0.4, -0.2) is 34.3 Å². The summed E-state index contributed by atoms with van der Waals surface area (Å²) < 4.78 is 0. The van der Waals surface area contributed by atoms with Crippen molar-refractivity contribution in [3.8, 4) is 11.3 Å². The smallest absolute Gasteiger partial charge is 0.255 e. The van der Waals surface area contributed by atoms with Gasteiger partial charge >= 0.3 is 0 Å². The highest BCUT2D eigenvalue weighted by Crippen LogP contribution is 2.47. The van der Waals surface area contributed by atoms with E-state index in [1.54, 1.807) is 0 Å². The molecular weight excluding hydrogens is 506 g/mol. The Bertz CT molecular complexity index is 1580. The van der Waals surface area contributed by atoms with Gasteiger partial charge in [0.1, 0.15) is 6.04 Å². The molecule has 0 bridgehead atoms. The van der Waals surface area contributed by atoms with Crippen LogP contribution in [0.3, 0.4) is 0 Å². The second-order valence-electron chi connectivity index (χ2n) is 11.5. The average molecular weight is 546 g/mol. The summed E-state index contributed by atoms with van der Waals surface area (Å²) in [5.74, 6) is -0.164. The zero-order valence-electron chi connectivity index (χ0n) is 24.0. The molecule has 3 atom stereocenters. The molecule has 0 spiro atoms. The third kappa shape index (κ3) is 5.10. The Morgan fingerprint density at radius 3 is 2.54 bits per heavy atom. The zero-order valence-corrected chi connectivity index (χ0v) is 24.0. The van der Waals surface area contributed by atoms with Crippen LogP contribution in [0.1, 0.15) is 79.9 Å². The molecule has 1 aliphatic carbocycles. The number of hydrogen-bond donors (Lipinski definition) is 2. The molecule has 3 aromatic carbocycles. The molecule has 1 aromatic heterocycles. The van der Waals surface area contributed by atoms with Gasteiger partial charge in [-0.3, -0.25) is 9.59 Å². The molecule has 2 N–H and O–H groups in total. The zero-order chi connectivity index (χ0) is 28.3. The molecule has 1 aliphatic heterocycles. The second kappa shape index (κ2) is 11.8. The number of rotatable bonds is 9. The summed E-state index contributed by atoms with van der Waals surface area (Å²) in [5.41, 5.74) is 7.16. The fourth-order valence-corrected chi connectivity index (χ4v) is 6.66. The Morgan fingerprint density at radius 1 is 1.00 bits per heavy atom. The number of carbonyl (C=O) groups is 2. The molecule has 4 aromatic rings. The van der Waals surface area contributed by atoms with E-state index in [1.807, 2.05) is 53.4 Å². The van der Waals surface area contributed by atoms with Crippen molar-refractivity contribution in [1.29, 1.82) is 0 Å². The Labute approximate surface area is 242 Å². The number of amides is 2. The van der Waals surface area contributed by atoms with Crippen molar-refractivity contribution < 1.29 is 9.59 Å². The van der Waals surface area contributed by atoms with E-state index in [9.17, 15) is 9.59 Å². The first-order valence-corrected chi connectivity index (χ1v) is 15.1. The monoisotopic (exact) mass is 545 g/mol. The number of para-hydroxylation sites is 1. The number of fused-ring (bicyclic) bond motifs is 2. The van der Waals surface area contributed by atoms with E-state index in [4.69, 9.17) is 0 Å². The van der Waals surface area contributed by atoms with Gasteiger partial charge in [0, 0.05) is 28.6 Å². The van der Waals surface area contributed by atoms with Crippen molar-refractivity contribution in [3.05, 3.63) is 107 Å². The van der Waals surface area contributed by atoms with Gasteiger partial charge in [-0.2, -0.15) is 0 Å². The van der Waals surface area contributed by atoms with Crippen LogP contribution in [-0.2, 0) is 4.79 Å². The average Bonchev–Trinajstić information content (AvgIpc) is 3.53. The molecule has 2 heterocycles. The molecule has 5 nitrogen and oxygen atoms in total. The highest BCUT2D eigenvalue weighted by atomic mass is 16.2. The predicted molar refractivity (Wildman–Crippen MR) is 166 cm³/mol. The molecule has 0 saturated carbocycles. The summed E-state index contributed by atoms with van der Waals surface area (Å²) in [6, 6.07) is 25.4. The fourth-order valence-electron chi connectivity index (χ4n) is 6.66. The van der Waals surface area contributed by atoms with Crippen molar-refractivity contribution in [3.63, 3.8) is 0 Å². The number of H-pyrrole nitrogens is 1. The highest BCUT2D eigenvalue weighted by molar-refractivity contribution is 6.04. The lowest BCUT2D eigenvalue weighted by Gasteiger charge is -2.36. The maximum atomic E-state index is 14.3. The van der Waals surface area contributed by atoms with E-state index in [0.717, 1.165) is 59.0 Å². The topological polar surface area (TPSA) is 65.2 Å². The minimum absolute atomic E-state index is 0.0185. The summed E-state index contributed by atoms with van der Waals surface area (Å²) >= 11 is 0. The maximum Gasteiger partial charge on any atom is 0.255 e. The number of hydrogen-bond acceptors (Lipinski definition) is 2. The van der Waals surface area contributed by atoms with Gasteiger partial charge in [0.25, 0.3) is 5.91 Å². The molecule has 5 heteroatoms. The van der Waals surface area contributed by atoms with E-state index < -0.39 is 12.1 Å². The van der Waals surface area contributed by atoms with E-state index in [-0.39, 0.29) is 17.7 Å². The van der Waals surface area contributed by atoms with Crippen LogP contribution in [0.15, 0.2) is 90.5 Å². The highest BCUT2D eigenvalue weighted by Gasteiger charge is 2.47. The second-order valence-corrected chi connectivity index (χ2v) is 11.5. The van der Waals surface area contributed by atoms with Gasteiger partial charge in [-0.05, 0) is 61.3 Å². The largest absolute Gasteiger partial charge is 0.354 e. The summed E-state index contributed by atoms with van der Waals surface area (Å²) in [6.45, 7) is 4.79. The van der Waals surface area contributed by atoms with Crippen molar-refractivity contribution in [1.82, 2.24) is 15.2 Å². The van der Waals surface area contributed by atoms with Gasteiger partial charge < -0.3 is 15.2 Å². The number of carbonyl (C=O) groups excluding carboxylic acids is 2. The minimum atomic E-state index is -0.595. The van der Waals surface area contributed by atoms with Gasteiger partial charge in [-0.1, -0.05) is 98.6 Å². The van der Waals surface area contributed by atoms with Crippen molar-refractivity contribution in [2.75, 3.05) is 6.54 Å². The lowest BCUT2D eigenvalue weighted by Crippen LogP contribution is -2.52. The molecule has 0 saturated heterocycles. The number of nitrogens with one attached hydrogen (secondary N) is 2. The molecule has 0 radical (unpaired) electrons. The number of aromatic amines is 1. The maximum absolute atomic E-state index is 14.3. The first-order chi connectivity index (χ1) is 20.1. The van der Waals surface area contributed by atoms with E-state index in [2.05, 4.69) is 60.6 Å². The number of nitrogens with zero attached hydrogens (tertiary/aromatic N) is 1. The normalized spacial score (nSPS) is 18.2. The summed E-state index contributed by atoms with van der Waals surface area (Å²) in [6.07, 6.45) is 8.73. The molecule has 2 aliphatic rings. The van der Waals surface area contributed by atoms with E-state index >= 15 is 0 Å². The Hall–Kier alpha value is -4.12. The third-order valence-corrected chi connectivity index (χ3v) is 8.96. The number of benzene rings is 3. The first-order valence-electron chi connectivity index (χ1n) is 15.1. The van der Waals surface area contributed by atoms with Gasteiger partial charge in [-0.25, -0.2) is 0 Å². The first kappa shape index (κ1) is 27.1. The summed E-state index contributed by atoms with van der Waals surface area (Å²) in [4.78, 5) is 33.9. The van der Waals surface area contributed by atoms with Crippen LogP contribution in [0, 0.1) is 5.92 Å². The Kier molecular flexibility index (Phi) is 7.78. The van der Waals surface area contributed by atoms with Gasteiger partial charge in [0.15, 0.2) is 0 Å². The predicted octanol–water partition coefficient (Wildman–Crippen LogP) is 7.80. The SMILES string of the molecule is CCC(C)C(C(=O)NCCC1=CCCCC1)N1C(=O)c2ccccc2C1c1c(-c2ccccc2)[nH]c2ccccc12. The van der Waals surface area contributed by atoms with Gasteiger partial charge in [-0.15, -0.1) is 0 Å². The Morgan fingerprint density at radius 2 is 1.76 bits per heavy atom. The van der Waals surface area contributed by atoms with Gasteiger partial charge in [0.2, 0.25) is 5.91 Å². The molecule has 0 fully saturated rings. The molecule has 41 heavy (non-hydrogen) atoms. The van der Waals surface area contributed by atoms with Crippen LogP contribution in [0.5, 0.6) is 0 Å². The van der Waals surface area contributed by atoms with Crippen molar-refractivity contribution in [2.45, 2.75) is 64.5 Å². The van der Waals surface area contributed by atoms with E-state index in [1.165, 1.54) is 18.4 Å². The molecule has 6 rings (SSSR count). The lowest BCUT2D eigenvalue weighted by atomic mass is 9.90. The Balaban J connectivity index is 1.45. The lowest BCUT2D eigenvalue weighted by molar-refractivity contribution is -0.127. The number of allylic oxidation sites excluding steroid dienone is 1. The van der Waals surface area contributed by atoms with E-state index in [0.29, 0.717) is 12.1 Å². The van der Waals surface area contributed by atoms with Crippen LogP contribution in [0.25, 0.3) is 22.2 Å². The van der Waals surface area contributed by atoms with Crippen LogP contribution in [0.4, 0.5) is 0 Å². The van der Waals surface area contributed by atoms with Crippen LogP contribution in [0.2, 0.25) is 0 Å². The van der Waals surface area contributed by atoms with Crippen LogP contribution >= 0.6 is 0 Å². The quantitative estimate of drug-likeness (QED) is 0.211. The van der Waals surface area contributed by atoms with Crippen LogP contribution < -0.4 is 5.32 Å². The standard InChI is InChI=1S/C36H39N3O2/c1-3-24(2)33(35(40)37-23-22-25-14-6-4-7-15-25)39-34(27-18-10-11-19-28(27)36(39)41)31-29-20-12-13-21-30(29)38-32(31)26-16-8-5-9-17-26/h5,8-14,16-21,24,33-34,38H,3-4,6-7,15,22-23H2,1-2H3,(H,37,40). The minimum Gasteiger partial charge on any atom is -0.354 e. The van der Waals surface area contributed by atoms with Gasteiger partial charge in [0.05, 0.1) is 11.7 Å². The summed E-state index contributed by atoms with van der Waals surface area (Å²) in [7, 11) is 0.